The summed E-state index contributed by atoms with van der Waals surface area (Å²) in [5.74, 6) is -0.825. The maximum Gasteiger partial charge on any atom is 0.311 e. The molecule has 0 aliphatic heterocycles. The molecule has 0 aromatic rings. The average molecular weight is 290 g/mol. The zero-order valence-electron chi connectivity index (χ0n) is 11.9. The average Bonchev–Trinajstić information content (AvgIpc) is 3.17. The van der Waals surface area contributed by atoms with Crippen molar-refractivity contribution in [3.63, 3.8) is 0 Å². The van der Waals surface area contributed by atoms with Crippen LogP contribution < -0.4 is 0 Å². The zero-order valence-corrected chi connectivity index (χ0v) is 11.9. The maximum absolute atomic E-state index is 12.5. The summed E-state index contributed by atoms with van der Waals surface area (Å²) >= 11 is 0. The van der Waals surface area contributed by atoms with E-state index in [1.807, 2.05) is 19.1 Å². The number of rotatable bonds is 4. The Kier molecular flexibility index (Phi) is 2.83. The topological polar surface area (TPSA) is 69.7 Å². The van der Waals surface area contributed by atoms with Crippen LogP contribution in [0.2, 0.25) is 0 Å². The monoisotopic (exact) mass is 290 g/mol. The van der Waals surface area contributed by atoms with Crippen molar-refractivity contribution in [2.75, 3.05) is 13.4 Å². The molecule has 5 nitrogen and oxygen atoms in total. The van der Waals surface area contributed by atoms with Gasteiger partial charge in [0, 0.05) is 30.3 Å². The van der Waals surface area contributed by atoms with Crippen molar-refractivity contribution in [3.8, 4) is 0 Å². The second-order valence-electron chi connectivity index (χ2n) is 6.44. The van der Waals surface area contributed by atoms with Gasteiger partial charge in [0.1, 0.15) is 11.6 Å². The molecule has 4 aliphatic carbocycles. The summed E-state index contributed by atoms with van der Waals surface area (Å²) in [5.41, 5.74) is 0. The van der Waals surface area contributed by atoms with Gasteiger partial charge in [0.25, 0.3) is 0 Å². The largest absolute Gasteiger partial charge is 0.438 e. The van der Waals surface area contributed by atoms with Crippen LogP contribution in [-0.2, 0) is 23.9 Å². The van der Waals surface area contributed by atoms with E-state index in [-0.39, 0.29) is 65.8 Å². The highest BCUT2D eigenvalue weighted by atomic mass is 16.7. The minimum Gasteiger partial charge on any atom is -0.438 e. The Morgan fingerprint density at radius 2 is 1.90 bits per heavy atom. The van der Waals surface area contributed by atoms with Gasteiger partial charge in [0.15, 0.2) is 6.79 Å². The number of fused-ring (bicyclic) bond motifs is 9. The molecule has 0 saturated heterocycles. The van der Waals surface area contributed by atoms with Gasteiger partial charge >= 0.3 is 5.97 Å². The Morgan fingerprint density at radius 3 is 2.62 bits per heavy atom. The number of ether oxygens (including phenoxy) is 2. The van der Waals surface area contributed by atoms with Crippen LogP contribution in [0.1, 0.15) is 13.3 Å². The number of carbonyl (C=O) groups excluding carboxylic acids is 3. The van der Waals surface area contributed by atoms with Crippen LogP contribution in [-0.4, -0.2) is 30.9 Å². The lowest BCUT2D eigenvalue weighted by molar-refractivity contribution is -0.164. The van der Waals surface area contributed by atoms with Crippen molar-refractivity contribution in [3.05, 3.63) is 12.2 Å². The summed E-state index contributed by atoms with van der Waals surface area (Å²) in [6.07, 6.45) is 4.44. The molecule has 0 radical (unpaired) electrons. The Bertz CT molecular complexity index is 551. The van der Waals surface area contributed by atoms with E-state index in [1.165, 1.54) is 0 Å². The number of carbonyl (C=O) groups is 3. The Morgan fingerprint density at radius 1 is 1.19 bits per heavy atom. The third-order valence-electron chi connectivity index (χ3n) is 5.76. The number of esters is 1. The molecule has 21 heavy (non-hydrogen) atoms. The first kappa shape index (κ1) is 13.2. The normalized spacial score (nSPS) is 45.5. The van der Waals surface area contributed by atoms with E-state index in [9.17, 15) is 14.4 Å². The predicted octanol–water partition coefficient (Wildman–Crippen LogP) is 0.976. The first-order chi connectivity index (χ1) is 10.1. The molecule has 5 heteroatoms. The van der Waals surface area contributed by atoms with Crippen molar-refractivity contribution in [2.24, 2.45) is 41.4 Å². The van der Waals surface area contributed by atoms with E-state index < -0.39 is 0 Å². The summed E-state index contributed by atoms with van der Waals surface area (Å²) in [5, 5.41) is 0. The van der Waals surface area contributed by atoms with Gasteiger partial charge in [-0.15, -0.1) is 0 Å². The smallest absolute Gasteiger partial charge is 0.311 e. The number of allylic oxidation sites excluding steroid dienone is 2. The van der Waals surface area contributed by atoms with Crippen molar-refractivity contribution >= 4 is 17.5 Å². The van der Waals surface area contributed by atoms with Crippen molar-refractivity contribution < 1.29 is 23.9 Å². The Hall–Kier alpha value is -1.49. The molecular weight excluding hydrogens is 272 g/mol. The molecule has 3 fully saturated rings. The van der Waals surface area contributed by atoms with Gasteiger partial charge in [-0.05, 0) is 25.2 Å². The summed E-state index contributed by atoms with van der Waals surface area (Å²) in [7, 11) is 0. The molecule has 7 atom stereocenters. The fourth-order valence-corrected chi connectivity index (χ4v) is 5.07. The molecule has 112 valence electrons. The molecule has 4 aliphatic rings. The van der Waals surface area contributed by atoms with Crippen LogP contribution in [0.4, 0.5) is 0 Å². The van der Waals surface area contributed by atoms with Crippen LogP contribution in [0.5, 0.6) is 0 Å². The van der Waals surface area contributed by atoms with E-state index >= 15 is 0 Å². The van der Waals surface area contributed by atoms with Gasteiger partial charge in [-0.3, -0.25) is 14.4 Å². The third-order valence-corrected chi connectivity index (χ3v) is 5.76. The number of ketones is 2. The van der Waals surface area contributed by atoms with Gasteiger partial charge in [0.2, 0.25) is 0 Å². The fourth-order valence-electron chi connectivity index (χ4n) is 5.07. The summed E-state index contributed by atoms with van der Waals surface area (Å²) < 4.78 is 10.1. The van der Waals surface area contributed by atoms with Gasteiger partial charge in [0.05, 0.1) is 5.92 Å². The second-order valence-corrected chi connectivity index (χ2v) is 6.44. The van der Waals surface area contributed by atoms with E-state index in [1.54, 1.807) is 0 Å². The minimum atomic E-state index is -0.384. The summed E-state index contributed by atoms with van der Waals surface area (Å²) in [4.78, 5) is 36.8. The molecule has 7 unspecified atom stereocenters. The summed E-state index contributed by atoms with van der Waals surface area (Å²) in [6.45, 7) is 2.25. The quantitative estimate of drug-likeness (QED) is 0.254. The van der Waals surface area contributed by atoms with Gasteiger partial charge in [-0.2, -0.15) is 0 Å². The van der Waals surface area contributed by atoms with E-state index in [2.05, 4.69) is 0 Å². The first-order valence-corrected chi connectivity index (χ1v) is 7.65. The van der Waals surface area contributed by atoms with Crippen LogP contribution in [0, 0.1) is 41.4 Å². The molecule has 4 bridgehead atoms. The van der Waals surface area contributed by atoms with E-state index in [4.69, 9.17) is 9.47 Å². The van der Waals surface area contributed by atoms with Gasteiger partial charge < -0.3 is 9.47 Å². The number of Topliss-reactive ketones (excluding diaryl/α,β-unsaturated/α-hetero) is 2. The molecular formula is C16H18O5. The second kappa shape index (κ2) is 4.50. The molecule has 0 spiro atoms. The molecule has 0 aromatic carbocycles. The highest BCUT2D eigenvalue weighted by molar-refractivity contribution is 6.01. The SMILES string of the molecule is CCOCOC(=O)C1CC2C(=O)C1C1C3C=CC(C3=O)C21. The van der Waals surface area contributed by atoms with Crippen LogP contribution in [0.3, 0.4) is 0 Å². The standard InChI is InChI=1S/C16H18O5/c1-2-20-6-21-16(19)10-5-9-11-7-3-4-8(14(7)17)12(11)13(10)15(9)18/h3-4,7-13H,2,5-6H2,1H3. The highest BCUT2D eigenvalue weighted by Crippen LogP contribution is 2.64. The first-order valence-electron chi connectivity index (χ1n) is 7.65. The van der Waals surface area contributed by atoms with Crippen LogP contribution in [0.15, 0.2) is 12.2 Å². The molecule has 4 rings (SSSR count). The van der Waals surface area contributed by atoms with Gasteiger partial charge in [-0.1, -0.05) is 12.2 Å². The van der Waals surface area contributed by atoms with Crippen molar-refractivity contribution in [2.45, 2.75) is 13.3 Å². The molecule has 0 aromatic heterocycles. The molecule has 0 heterocycles. The molecule has 0 N–H and O–H groups in total. The predicted molar refractivity (Wildman–Crippen MR) is 70.8 cm³/mol. The lowest BCUT2D eigenvalue weighted by Gasteiger charge is -2.32. The van der Waals surface area contributed by atoms with Gasteiger partial charge in [-0.25, -0.2) is 0 Å². The minimum absolute atomic E-state index is 0.0309. The lowest BCUT2D eigenvalue weighted by Crippen LogP contribution is -2.35. The van der Waals surface area contributed by atoms with Crippen LogP contribution in [0.25, 0.3) is 0 Å². The van der Waals surface area contributed by atoms with Crippen molar-refractivity contribution in [1.82, 2.24) is 0 Å². The van der Waals surface area contributed by atoms with Crippen molar-refractivity contribution in [1.29, 1.82) is 0 Å². The lowest BCUT2D eigenvalue weighted by atomic mass is 9.69. The third kappa shape index (κ3) is 1.58. The zero-order chi connectivity index (χ0) is 14.7. The number of hydrogen-bond acceptors (Lipinski definition) is 5. The molecule has 0 amide bonds. The Labute approximate surface area is 122 Å². The maximum atomic E-state index is 12.5. The highest BCUT2D eigenvalue weighted by Gasteiger charge is 2.69. The van der Waals surface area contributed by atoms with E-state index in [0.717, 1.165) is 0 Å². The Balaban J connectivity index is 1.55. The van der Waals surface area contributed by atoms with E-state index in [0.29, 0.717) is 13.0 Å². The van der Waals surface area contributed by atoms with Crippen LogP contribution >= 0.6 is 0 Å². The molecule has 3 saturated carbocycles. The fraction of sp³-hybridized carbons (Fsp3) is 0.688. The number of hydrogen-bond donors (Lipinski definition) is 0. The summed E-state index contributed by atoms with van der Waals surface area (Å²) in [6, 6.07) is 0.